The number of carbonyl (C=O) groups is 2. The minimum atomic E-state index is -4.98. The second-order valence-corrected chi connectivity index (χ2v) is 18.2. The van der Waals surface area contributed by atoms with E-state index in [0.29, 0.717) is 0 Å². The molecular weight excluding hydrogens is 907 g/mol. The molecule has 24 nitrogen and oxygen atoms in total. The van der Waals surface area contributed by atoms with E-state index < -0.39 is 87.1 Å². The highest BCUT2D eigenvalue weighted by Crippen LogP contribution is 2.42. The molecule has 0 fully saturated rings. The molecule has 64 heavy (non-hydrogen) atoms. The van der Waals surface area contributed by atoms with Crippen molar-refractivity contribution in [1.82, 2.24) is 9.38 Å². The van der Waals surface area contributed by atoms with Gasteiger partial charge in [-0.2, -0.15) is 45.9 Å². The number of benzene rings is 3. The number of aromatic nitrogens is 2. The van der Waals surface area contributed by atoms with Crippen molar-refractivity contribution in [2.24, 2.45) is 30.7 Å². The number of aliphatic carboxylic acids is 2. The van der Waals surface area contributed by atoms with Crippen LogP contribution in [0.5, 0.6) is 11.6 Å². The summed E-state index contributed by atoms with van der Waals surface area (Å²) < 4.78 is 105. The number of rotatable bonds is 14. The van der Waals surface area contributed by atoms with Crippen molar-refractivity contribution in [2.45, 2.75) is 34.8 Å². The average molecular weight is 936 g/mol. The molecule has 5 aromatic rings. The molecule has 6 rings (SSSR count). The molecule has 0 amide bonds. The fourth-order valence-electron chi connectivity index (χ4n) is 5.84. The van der Waals surface area contributed by atoms with Crippen molar-refractivity contribution in [3.63, 3.8) is 0 Å². The third-order valence-corrected chi connectivity index (χ3v) is 12.2. The zero-order valence-corrected chi connectivity index (χ0v) is 35.0. The normalized spacial score (nSPS) is 15.5. The minimum Gasteiger partial charge on any atom is -0.493 e. The molecule has 2 aromatic heterocycles. The zero-order chi connectivity index (χ0) is 46.9. The summed E-state index contributed by atoms with van der Waals surface area (Å²) in [6.45, 7) is 1.71. The van der Waals surface area contributed by atoms with Gasteiger partial charge in [-0.05, 0) is 80.1 Å². The zero-order valence-electron chi connectivity index (χ0n) is 32.5. The Balaban J connectivity index is 1.41. The highest BCUT2D eigenvalue weighted by atomic mass is 32.2. The predicted molar refractivity (Wildman–Crippen MR) is 220 cm³/mol. The summed E-state index contributed by atoms with van der Waals surface area (Å²) in [5.74, 6) is -4.01. The lowest BCUT2D eigenvalue weighted by Crippen LogP contribution is -2.29. The largest absolute Gasteiger partial charge is 0.493 e. The minimum absolute atomic E-state index is 0.00418. The topological polar surface area (TPSA) is 382 Å². The fraction of sp³-hybridized carbons (Fsp3) is 0.135. The Morgan fingerprint density at radius 3 is 2.03 bits per heavy atom. The number of aryl methyl sites for hydroxylation is 1. The van der Waals surface area contributed by atoms with Crippen molar-refractivity contribution >= 4 is 94.2 Å². The lowest BCUT2D eigenvalue weighted by molar-refractivity contribution is -0.139. The number of pyridine rings is 1. The molecule has 0 saturated heterocycles. The second-order valence-electron chi connectivity index (χ2n) is 13.6. The molecule has 6 N–H and O–H groups in total. The SMILES string of the molecule is Cc1cc(N=Nc2c(CC(=O)O)c(C#N)c3nc4c(n3c2O)C=CC(C)(S(=O)(=O)O)C=C4)c(OCC(=O)O)cc1N=Nc1ccc(N=Nc2ccc(S(=O)(=O)O)cc2)cc1S(=O)(=O)O. The maximum atomic E-state index is 12.4. The summed E-state index contributed by atoms with van der Waals surface area (Å²) >= 11 is 0. The van der Waals surface area contributed by atoms with Gasteiger partial charge in [0.15, 0.2) is 17.9 Å². The highest BCUT2D eigenvalue weighted by molar-refractivity contribution is 7.87. The molecule has 1 unspecified atom stereocenters. The lowest BCUT2D eigenvalue weighted by Gasteiger charge is -2.16. The molecular formula is C37H29N9O15S3. The van der Waals surface area contributed by atoms with Gasteiger partial charge in [0.1, 0.15) is 38.4 Å². The van der Waals surface area contributed by atoms with Gasteiger partial charge in [-0.25, -0.2) is 9.78 Å². The third kappa shape index (κ3) is 9.71. The highest BCUT2D eigenvalue weighted by Gasteiger charge is 2.35. The van der Waals surface area contributed by atoms with Gasteiger partial charge >= 0.3 is 11.9 Å². The van der Waals surface area contributed by atoms with Crippen LogP contribution < -0.4 is 4.74 Å². The first-order valence-electron chi connectivity index (χ1n) is 17.6. The van der Waals surface area contributed by atoms with Gasteiger partial charge in [-0.1, -0.05) is 12.2 Å². The Morgan fingerprint density at radius 1 is 0.797 bits per heavy atom. The Bertz CT molecular complexity index is 3340. The Morgan fingerprint density at radius 2 is 1.42 bits per heavy atom. The summed E-state index contributed by atoms with van der Waals surface area (Å²) in [5.41, 5.74) is -1.92. The number of aromatic hydroxyl groups is 1. The van der Waals surface area contributed by atoms with E-state index in [1.807, 2.05) is 6.07 Å². The van der Waals surface area contributed by atoms with E-state index in [1.165, 1.54) is 50.3 Å². The molecule has 0 saturated carbocycles. The van der Waals surface area contributed by atoms with Crippen LogP contribution in [0.25, 0.3) is 17.8 Å². The van der Waals surface area contributed by atoms with E-state index in [4.69, 9.17) is 9.29 Å². The smallest absolute Gasteiger partial charge is 0.341 e. The van der Waals surface area contributed by atoms with Gasteiger partial charge in [-0.15, -0.1) is 15.3 Å². The standard InChI is InChI=1S/C37H29N9O15S3/c1-19-13-28(44-45-34-23(15-32(47)48)24(17-38)35-39-25-9-11-37(2,64(58,59)60)12-10-29(25)46(35)36(34)51)30(61-18-33(49)50)16-27(19)43-42-26-8-5-21(14-31(26)63(55,56)57)41-40-20-3-6-22(7-4-20)62(52,53)54/h3-14,16,51H,15,18H2,1-2H3,(H,47,48)(H,49,50)(H,52,53,54)(H,55,56,57)(H,58,59,60). The summed E-state index contributed by atoms with van der Waals surface area (Å²) in [6, 6.07) is 12.1. The van der Waals surface area contributed by atoms with Crippen molar-refractivity contribution in [2.75, 3.05) is 6.61 Å². The predicted octanol–water partition coefficient (Wildman–Crippen LogP) is 6.74. The first-order valence-corrected chi connectivity index (χ1v) is 21.9. The molecule has 0 bridgehead atoms. The van der Waals surface area contributed by atoms with Crippen LogP contribution in [0.4, 0.5) is 34.1 Å². The number of carboxylic acid groups (broad SMARTS) is 2. The van der Waals surface area contributed by atoms with E-state index in [-0.39, 0.29) is 62.2 Å². The van der Waals surface area contributed by atoms with Crippen LogP contribution in [-0.2, 0) is 46.4 Å². The molecule has 1 atom stereocenters. The number of carboxylic acids is 2. The first kappa shape index (κ1) is 45.9. The number of nitriles is 1. The molecule has 0 spiro atoms. The van der Waals surface area contributed by atoms with Crippen LogP contribution in [0.3, 0.4) is 0 Å². The monoisotopic (exact) mass is 935 g/mol. The molecule has 330 valence electrons. The fourth-order valence-corrected chi connectivity index (χ4v) is 7.44. The summed E-state index contributed by atoms with van der Waals surface area (Å²) in [7, 11) is -14.1. The van der Waals surface area contributed by atoms with E-state index in [9.17, 15) is 64.5 Å². The molecule has 1 aliphatic carbocycles. The molecule has 0 aliphatic heterocycles. The molecule has 1 aliphatic rings. The van der Waals surface area contributed by atoms with Crippen molar-refractivity contribution in [3.8, 4) is 17.7 Å². The van der Waals surface area contributed by atoms with Crippen molar-refractivity contribution in [1.29, 1.82) is 5.26 Å². The average Bonchev–Trinajstić information content (AvgIpc) is 3.48. The van der Waals surface area contributed by atoms with Crippen LogP contribution >= 0.6 is 0 Å². The lowest BCUT2D eigenvalue weighted by atomic mass is 10.0. The maximum Gasteiger partial charge on any atom is 0.341 e. The van der Waals surface area contributed by atoms with Crippen LogP contribution in [0.15, 0.2) is 107 Å². The summed E-state index contributed by atoms with van der Waals surface area (Å²) in [4.78, 5) is 26.7. The van der Waals surface area contributed by atoms with Gasteiger partial charge < -0.3 is 20.1 Å². The van der Waals surface area contributed by atoms with Crippen molar-refractivity contribution < 1.29 is 68.6 Å². The number of hydrogen-bond donors (Lipinski definition) is 6. The van der Waals surface area contributed by atoms with Gasteiger partial charge in [0.25, 0.3) is 30.4 Å². The van der Waals surface area contributed by atoms with E-state index in [1.54, 1.807) is 0 Å². The van der Waals surface area contributed by atoms with E-state index >= 15 is 0 Å². The van der Waals surface area contributed by atoms with Gasteiger partial charge in [0.2, 0.25) is 5.88 Å². The van der Waals surface area contributed by atoms with Crippen molar-refractivity contribution in [3.05, 3.63) is 94.8 Å². The van der Waals surface area contributed by atoms with Gasteiger partial charge in [0, 0.05) is 11.6 Å². The van der Waals surface area contributed by atoms with Gasteiger partial charge in [-0.3, -0.25) is 22.9 Å². The third-order valence-electron chi connectivity index (χ3n) is 9.10. The first-order chi connectivity index (χ1) is 29.9. The number of imidazole rings is 1. The Hall–Kier alpha value is -7.61. The number of nitrogens with zero attached hydrogens (tertiary/aromatic N) is 9. The summed E-state index contributed by atoms with van der Waals surface area (Å²) in [6.07, 6.45) is 3.75. The quantitative estimate of drug-likeness (QED) is 0.0496. The van der Waals surface area contributed by atoms with Crippen LogP contribution in [0, 0.1) is 18.3 Å². The maximum absolute atomic E-state index is 12.4. The van der Waals surface area contributed by atoms with Crippen LogP contribution in [-0.4, -0.2) is 86.9 Å². The van der Waals surface area contributed by atoms with E-state index in [2.05, 4.69) is 35.7 Å². The summed E-state index contributed by atoms with van der Waals surface area (Å²) in [5, 5.41) is 64.8. The van der Waals surface area contributed by atoms with Gasteiger partial charge in [0.05, 0.1) is 39.8 Å². The Kier molecular flexibility index (Phi) is 12.4. The molecule has 27 heteroatoms. The number of ether oxygens (including phenoxy) is 1. The number of fused-ring (bicyclic) bond motifs is 3. The number of hydrogen-bond acceptors (Lipinski definition) is 18. The second kappa shape index (κ2) is 17.3. The Labute approximate surface area is 360 Å². The van der Waals surface area contributed by atoms with E-state index in [0.717, 1.165) is 46.9 Å². The number of azo groups is 3. The van der Waals surface area contributed by atoms with Crippen LogP contribution in [0.1, 0.15) is 35.0 Å². The molecule has 2 heterocycles. The van der Waals surface area contributed by atoms with Crippen LogP contribution in [0.2, 0.25) is 0 Å². The molecule has 3 aromatic carbocycles. The molecule has 0 radical (unpaired) electrons.